The number of nitrogens with one attached hydrogen (secondary N) is 1. The van der Waals surface area contributed by atoms with E-state index >= 15 is 0 Å². The predicted molar refractivity (Wildman–Crippen MR) is 97.4 cm³/mol. The van der Waals surface area contributed by atoms with Crippen LogP contribution in [-0.2, 0) is 63.2 Å². The molecule has 0 aromatic carbocycles. The van der Waals surface area contributed by atoms with Gasteiger partial charge in [0, 0.05) is 7.11 Å². The number of carbonyl (C=O) groups is 1. The Kier molecular flexibility index (Phi) is 22.4. The molecular weight excluding hydrogens is 662 g/mol. The first-order valence-corrected chi connectivity index (χ1v) is 13.2. The normalized spacial score (nSPS) is 30.6. The number of carbonyl (C=O) groups excluding carboxylic acids is 1. The maximum atomic E-state index is 11.2. The van der Waals surface area contributed by atoms with Gasteiger partial charge in [-0.3, -0.25) is 8.37 Å². The van der Waals surface area contributed by atoms with Gasteiger partial charge in [0.1, 0.15) is 42.2 Å². The van der Waals surface area contributed by atoms with E-state index in [1.807, 2.05) is 0 Å². The zero-order valence-electron chi connectivity index (χ0n) is 21.5. The fraction of sp³-hybridized carbons (Fsp3) is 0.769. The summed E-state index contributed by atoms with van der Waals surface area (Å²) < 4.78 is 129. The number of carboxylic acids is 1. The molecule has 0 spiro atoms. The van der Waals surface area contributed by atoms with Crippen molar-refractivity contribution in [3.05, 3.63) is 11.8 Å². The monoisotopic (exact) mass is 679 g/mol. The van der Waals surface area contributed by atoms with Gasteiger partial charge in [-0.2, -0.15) is 0 Å². The number of hydrogen-bond donors (Lipinski definition) is 3. The third-order valence-electron chi connectivity index (χ3n) is 4.45. The van der Waals surface area contributed by atoms with Crippen molar-refractivity contribution in [1.29, 1.82) is 0 Å². The zero-order valence-corrected chi connectivity index (χ0v) is 31.9. The van der Waals surface area contributed by atoms with Gasteiger partial charge in [0.15, 0.2) is 22.7 Å². The number of aliphatic hydroxyl groups is 2. The first-order chi connectivity index (χ1) is 16.3. The van der Waals surface area contributed by atoms with E-state index < -0.39 is 98.6 Å². The molecule has 1 fully saturated rings. The molecule has 8 atom stereocenters. The molecule has 0 saturated carbocycles. The Balaban J connectivity index is -0.00000342. The molecule has 0 aromatic heterocycles. The zero-order chi connectivity index (χ0) is 27.6. The van der Waals surface area contributed by atoms with Gasteiger partial charge < -0.3 is 52.7 Å². The number of carboxylic acid groups (broad SMARTS) is 1. The van der Waals surface area contributed by atoms with Crippen molar-refractivity contribution in [2.75, 3.05) is 13.7 Å². The Hall–Kier alpha value is 2.42. The second-order valence-corrected chi connectivity index (χ2v) is 10.1. The summed E-state index contributed by atoms with van der Waals surface area (Å²) in [6, 6.07) is -2.02. The van der Waals surface area contributed by atoms with E-state index in [2.05, 4.69) is 8.37 Å². The van der Waals surface area contributed by atoms with Gasteiger partial charge in [-0.1, -0.05) is 0 Å². The Morgan fingerprint density at radius 3 is 1.95 bits per heavy atom. The fourth-order valence-corrected chi connectivity index (χ4v) is 4.48. The first kappa shape index (κ1) is 46.8. The van der Waals surface area contributed by atoms with Crippen LogP contribution >= 0.6 is 0 Å². The summed E-state index contributed by atoms with van der Waals surface area (Å²) in [4.78, 5) is 11.1. The molecule has 1 saturated heterocycles. The standard InChI is InChI=1S/C13H21NO19S3.4Na/c1-28-12-7(14-34(19,20)21)8(16)10(6(31-12)3-29-35(22,23)24)32-13-9(33-36(25,26)27)4(15)2-5(30-13)11(17)18;;;;/h2,4,6-10,12-16H,3H2,1H3,(H,17,18)(H,19,20,21)(H,22,23,24)(H,25,26,27);;;;/q;4*+1/p-4. The average Bonchev–Trinajstić information content (AvgIpc) is 2.69. The van der Waals surface area contributed by atoms with Gasteiger partial charge in [0.2, 0.25) is 27.1 Å². The van der Waals surface area contributed by atoms with E-state index in [1.165, 1.54) is 4.72 Å². The van der Waals surface area contributed by atoms with Crippen molar-refractivity contribution in [1.82, 2.24) is 4.72 Å². The van der Waals surface area contributed by atoms with Gasteiger partial charge in [-0.05, 0) is 6.08 Å². The third kappa shape index (κ3) is 15.1. The summed E-state index contributed by atoms with van der Waals surface area (Å²) in [6.07, 6.45) is -14.9. The molecule has 2 rings (SSSR count). The van der Waals surface area contributed by atoms with Crippen LogP contribution in [0.3, 0.4) is 0 Å². The molecule has 20 nitrogen and oxygen atoms in total. The molecule has 0 aromatic rings. The molecule has 2 aliphatic rings. The first-order valence-electron chi connectivity index (χ1n) is 9.08. The Morgan fingerprint density at radius 2 is 1.52 bits per heavy atom. The van der Waals surface area contributed by atoms with Crippen LogP contribution in [0.1, 0.15) is 0 Å². The summed E-state index contributed by atoms with van der Waals surface area (Å²) in [7, 11) is -15.5. The van der Waals surface area contributed by atoms with Crippen LogP contribution in [0.5, 0.6) is 0 Å². The summed E-state index contributed by atoms with van der Waals surface area (Å²) in [5.74, 6) is -3.26. The number of rotatable bonds is 11. The second kappa shape index (κ2) is 19.2. The van der Waals surface area contributed by atoms with E-state index in [0.717, 1.165) is 7.11 Å². The van der Waals surface area contributed by atoms with E-state index in [-0.39, 0.29) is 118 Å². The molecule has 0 radical (unpaired) electrons. The van der Waals surface area contributed by atoms with E-state index in [4.69, 9.17) is 18.9 Å². The second-order valence-electron chi connectivity index (χ2n) is 6.92. The molecule has 0 bridgehead atoms. The van der Waals surface area contributed by atoms with Crippen molar-refractivity contribution >= 4 is 37.1 Å². The summed E-state index contributed by atoms with van der Waals surface area (Å²) in [5.41, 5.74) is 0. The van der Waals surface area contributed by atoms with Crippen molar-refractivity contribution in [3.63, 3.8) is 0 Å². The van der Waals surface area contributed by atoms with Crippen LogP contribution in [-0.4, -0.2) is 118 Å². The van der Waals surface area contributed by atoms with E-state index in [1.54, 1.807) is 0 Å². The van der Waals surface area contributed by atoms with Crippen LogP contribution in [0.15, 0.2) is 11.8 Å². The van der Waals surface area contributed by atoms with Crippen LogP contribution in [0.4, 0.5) is 0 Å². The Bertz CT molecular complexity index is 1170. The Morgan fingerprint density at radius 1 is 0.975 bits per heavy atom. The van der Waals surface area contributed by atoms with Gasteiger partial charge in [-0.15, -0.1) is 0 Å². The molecule has 8 unspecified atom stereocenters. The minimum atomic E-state index is -5.63. The number of aliphatic hydroxyl groups excluding tert-OH is 2. The SMILES string of the molecule is COC1OC(COS(=O)(=O)[O-])C(OC2OC(C(=O)[O-])=CC(O)C2OS(=O)(=O)[O-])C(O)C1NS(=O)(=O)[O-].[Na+].[Na+].[Na+].[Na+]. The molecule has 0 amide bonds. The summed E-state index contributed by atoms with van der Waals surface area (Å²) in [6.45, 7) is -1.27. The minimum Gasteiger partial charge on any atom is -0.735 e. The predicted octanol–water partition coefficient (Wildman–Crippen LogP) is -18.8. The minimum absolute atomic E-state index is 0. The number of aliphatic carboxylic acids is 1. The number of methoxy groups -OCH3 is 1. The van der Waals surface area contributed by atoms with Crippen LogP contribution in [0.2, 0.25) is 0 Å². The van der Waals surface area contributed by atoms with Crippen molar-refractivity contribution < 1.29 is 205 Å². The smallest absolute Gasteiger partial charge is 0.735 e. The maximum Gasteiger partial charge on any atom is 1.00 e. The topological polar surface area (TPSA) is 320 Å². The largest absolute Gasteiger partial charge is 1.00 e. The van der Waals surface area contributed by atoms with Crippen LogP contribution in [0.25, 0.3) is 0 Å². The van der Waals surface area contributed by atoms with Crippen molar-refractivity contribution in [2.45, 2.75) is 49.1 Å². The average molecular weight is 679 g/mol. The van der Waals surface area contributed by atoms with Crippen molar-refractivity contribution in [3.8, 4) is 0 Å². The van der Waals surface area contributed by atoms with Crippen molar-refractivity contribution in [2.24, 2.45) is 0 Å². The molecule has 27 heteroatoms. The molecule has 210 valence electrons. The van der Waals surface area contributed by atoms with Crippen LogP contribution < -0.4 is 128 Å². The Labute approximate surface area is 316 Å². The van der Waals surface area contributed by atoms with Crippen LogP contribution in [0, 0.1) is 0 Å². The van der Waals surface area contributed by atoms with Gasteiger partial charge in [0.05, 0.1) is 6.61 Å². The summed E-state index contributed by atoms with van der Waals surface area (Å²) in [5, 5.41) is 31.8. The van der Waals surface area contributed by atoms with E-state index in [0.29, 0.717) is 6.08 Å². The molecule has 0 aliphatic carbocycles. The maximum absolute atomic E-state index is 11.2. The van der Waals surface area contributed by atoms with E-state index in [9.17, 15) is 59.0 Å². The van der Waals surface area contributed by atoms with Gasteiger partial charge >= 0.3 is 118 Å². The third-order valence-corrected chi connectivity index (χ3v) is 5.90. The quantitative estimate of drug-likeness (QED) is 0.104. The fourth-order valence-electron chi connectivity index (χ4n) is 3.12. The molecule has 3 N–H and O–H groups in total. The number of hydrogen-bond acceptors (Lipinski definition) is 19. The molecule has 40 heavy (non-hydrogen) atoms. The van der Waals surface area contributed by atoms with Gasteiger partial charge in [-0.25, -0.2) is 30.0 Å². The molecule has 2 aliphatic heterocycles. The van der Waals surface area contributed by atoms with Gasteiger partial charge in [0.25, 0.3) is 0 Å². The number of ether oxygens (including phenoxy) is 4. The molecular formula is C13H17NNa4O19S3. The summed E-state index contributed by atoms with van der Waals surface area (Å²) >= 11 is 0. The molecule has 2 heterocycles.